The summed E-state index contributed by atoms with van der Waals surface area (Å²) in [6.45, 7) is 0. The van der Waals surface area contributed by atoms with Gasteiger partial charge in [0.25, 0.3) is 0 Å². The molecule has 5 aliphatic carbocycles. The van der Waals surface area contributed by atoms with Crippen LogP contribution in [0.3, 0.4) is 0 Å². The molecule has 60 heavy (non-hydrogen) atoms. The summed E-state index contributed by atoms with van der Waals surface area (Å²) >= 11 is 0. The van der Waals surface area contributed by atoms with Gasteiger partial charge in [0.05, 0.1) is 0 Å². The van der Waals surface area contributed by atoms with Crippen LogP contribution < -0.4 is 0 Å². The monoisotopic (exact) mass is 773 g/mol. The first-order valence-electron chi connectivity index (χ1n) is 21.6. The van der Waals surface area contributed by atoms with Gasteiger partial charge in [-0.3, -0.25) is 0 Å². The zero-order valence-corrected chi connectivity index (χ0v) is 32.9. The summed E-state index contributed by atoms with van der Waals surface area (Å²) < 4.78 is 13.1. The molecular weight excluding hydrogens is 735 g/mol. The van der Waals surface area contributed by atoms with E-state index in [1.54, 1.807) is 5.56 Å². The van der Waals surface area contributed by atoms with E-state index in [0.717, 1.165) is 78.1 Å². The molecular formula is C55H39N3O2. The fraction of sp³-hybridized carbons (Fsp3) is 0.182. The third-order valence-corrected chi connectivity index (χ3v) is 14.9. The molecule has 4 fully saturated rings. The molecule has 10 aromatic rings. The first-order valence-corrected chi connectivity index (χ1v) is 21.6. The van der Waals surface area contributed by atoms with E-state index in [4.69, 9.17) is 23.8 Å². The molecule has 3 aromatic heterocycles. The van der Waals surface area contributed by atoms with Crippen LogP contribution >= 0.6 is 0 Å². The van der Waals surface area contributed by atoms with Crippen molar-refractivity contribution in [2.45, 2.75) is 37.5 Å². The third-order valence-electron chi connectivity index (χ3n) is 14.9. The molecule has 286 valence electrons. The van der Waals surface area contributed by atoms with Crippen molar-refractivity contribution in [2.75, 3.05) is 0 Å². The number of benzene rings is 7. The van der Waals surface area contributed by atoms with E-state index in [1.165, 1.54) is 54.2 Å². The van der Waals surface area contributed by atoms with E-state index in [1.807, 2.05) is 30.3 Å². The second-order valence-electron chi connectivity index (χ2n) is 17.9. The zero-order valence-electron chi connectivity index (χ0n) is 32.9. The highest BCUT2D eigenvalue weighted by molar-refractivity contribution is 6.16. The average Bonchev–Trinajstić information content (AvgIpc) is 3.96. The van der Waals surface area contributed by atoms with Crippen molar-refractivity contribution in [3.05, 3.63) is 163 Å². The highest BCUT2D eigenvalue weighted by Crippen LogP contribution is 2.70. The summed E-state index contributed by atoms with van der Waals surface area (Å²) in [6.07, 6.45) is 6.72. The molecule has 5 aliphatic rings. The maximum Gasteiger partial charge on any atom is 0.164 e. The lowest BCUT2D eigenvalue weighted by Crippen LogP contribution is -2.55. The lowest BCUT2D eigenvalue weighted by molar-refractivity contribution is -0.0393. The van der Waals surface area contributed by atoms with Gasteiger partial charge >= 0.3 is 0 Å². The molecule has 0 N–H and O–H groups in total. The number of fused-ring (bicyclic) bond motifs is 10. The van der Waals surface area contributed by atoms with E-state index >= 15 is 0 Å². The molecule has 0 aliphatic heterocycles. The lowest BCUT2D eigenvalue weighted by atomic mass is 9.43. The number of hydrogen-bond donors (Lipinski definition) is 0. The molecule has 0 amide bonds. The van der Waals surface area contributed by atoms with E-state index in [-0.39, 0.29) is 5.41 Å². The molecule has 7 aromatic carbocycles. The summed E-state index contributed by atoms with van der Waals surface area (Å²) in [4.78, 5) is 15.8. The second-order valence-corrected chi connectivity index (χ2v) is 17.9. The smallest absolute Gasteiger partial charge is 0.164 e. The quantitative estimate of drug-likeness (QED) is 0.178. The Hall–Kier alpha value is -6.85. The summed E-state index contributed by atoms with van der Waals surface area (Å²) in [5.74, 6) is 4.93. The summed E-state index contributed by atoms with van der Waals surface area (Å²) in [5, 5.41) is 4.61. The first kappa shape index (κ1) is 33.0. The molecule has 5 nitrogen and oxygen atoms in total. The van der Waals surface area contributed by atoms with Crippen molar-refractivity contribution in [1.82, 2.24) is 15.0 Å². The Bertz CT molecular complexity index is 3370. The van der Waals surface area contributed by atoms with Crippen LogP contribution in [0, 0.1) is 23.7 Å². The van der Waals surface area contributed by atoms with Crippen molar-refractivity contribution < 1.29 is 8.83 Å². The topological polar surface area (TPSA) is 65.0 Å². The van der Waals surface area contributed by atoms with Gasteiger partial charge < -0.3 is 8.83 Å². The van der Waals surface area contributed by atoms with Gasteiger partial charge in [-0.2, -0.15) is 0 Å². The molecule has 0 atom stereocenters. The van der Waals surface area contributed by atoms with E-state index in [2.05, 4.69) is 121 Å². The van der Waals surface area contributed by atoms with Gasteiger partial charge in [-0.05, 0) is 119 Å². The number of rotatable bonds is 4. The van der Waals surface area contributed by atoms with Crippen LogP contribution in [0.2, 0.25) is 0 Å². The Morgan fingerprint density at radius 3 is 1.82 bits per heavy atom. The highest BCUT2D eigenvalue weighted by Gasteiger charge is 2.62. The van der Waals surface area contributed by atoms with Gasteiger partial charge in [0.1, 0.15) is 22.3 Å². The van der Waals surface area contributed by atoms with Crippen molar-refractivity contribution in [2.24, 2.45) is 23.7 Å². The predicted octanol–water partition coefficient (Wildman–Crippen LogP) is 14.1. The third kappa shape index (κ3) is 4.50. The van der Waals surface area contributed by atoms with E-state index in [9.17, 15) is 0 Å². The van der Waals surface area contributed by atoms with Crippen LogP contribution in [0.1, 0.15) is 43.2 Å². The molecule has 0 saturated heterocycles. The fourth-order valence-electron chi connectivity index (χ4n) is 12.8. The molecule has 4 bridgehead atoms. The average molecular weight is 774 g/mol. The zero-order chi connectivity index (χ0) is 39.1. The maximum absolute atomic E-state index is 6.88. The van der Waals surface area contributed by atoms with Crippen LogP contribution in [0.4, 0.5) is 0 Å². The SMILES string of the molecule is c1ccc(-c2nc(-c3ccc(-c4ccc5c(c4)oc4ccccc45)cc3)nc(-c3cccc4oc5ccc6c(c5c34)C3(c4ccccc4-6)C4CC5CC(C4)CC3C5)n2)cc1. The molecule has 0 unspecified atom stereocenters. The molecule has 0 radical (unpaired) electrons. The standard InChI is InChI=1S/C55H39N3O2/c1-2-9-34(10-3-1)52-56-53(35-19-17-33(18-20-35)36-21-22-41-40-12-5-7-15-45(40)59-48(41)30-36)58-54(57-52)43-13-8-16-46-49(43)50-47(60-46)24-23-42-39-11-4-6-14-44(39)55(51(42)50)37-26-31-25-32(28-37)29-38(55)27-31/h1-24,30-32,37-38H,25-29H2. The van der Waals surface area contributed by atoms with Crippen LogP contribution in [0.25, 0.3) is 100 Å². The van der Waals surface area contributed by atoms with Gasteiger partial charge in [-0.25, -0.2) is 15.0 Å². The van der Waals surface area contributed by atoms with Crippen LogP contribution in [0.5, 0.6) is 0 Å². The number of furan rings is 2. The van der Waals surface area contributed by atoms with E-state index in [0.29, 0.717) is 29.3 Å². The molecule has 5 heteroatoms. The van der Waals surface area contributed by atoms with Gasteiger partial charge in [-0.15, -0.1) is 0 Å². The minimum absolute atomic E-state index is 0.0150. The number of nitrogens with zero attached hydrogens (tertiary/aromatic N) is 3. The number of aromatic nitrogens is 3. The van der Waals surface area contributed by atoms with Crippen LogP contribution in [-0.2, 0) is 5.41 Å². The second kappa shape index (κ2) is 12.1. The van der Waals surface area contributed by atoms with Crippen molar-refractivity contribution in [1.29, 1.82) is 0 Å². The van der Waals surface area contributed by atoms with Gasteiger partial charge in [-0.1, -0.05) is 121 Å². The number of para-hydroxylation sites is 1. The minimum atomic E-state index is -0.0150. The van der Waals surface area contributed by atoms with Crippen molar-refractivity contribution in [3.63, 3.8) is 0 Å². The Balaban J connectivity index is 0.955. The minimum Gasteiger partial charge on any atom is -0.456 e. The summed E-state index contributed by atoms with van der Waals surface area (Å²) in [5.41, 5.74) is 14.5. The first-order chi connectivity index (χ1) is 29.7. The lowest BCUT2D eigenvalue weighted by Gasteiger charge is -2.61. The Labute approximate surface area is 346 Å². The normalized spacial score (nSPS) is 22.4. The maximum atomic E-state index is 6.88. The van der Waals surface area contributed by atoms with Gasteiger partial charge in [0.15, 0.2) is 17.5 Å². The largest absolute Gasteiger partial charge is 0.456 e. The van der Waals surface area contributed by atoms with Gasteiger partial charge in [0.2, 0.25) is 0 Å². The predicted molar refractivity (Wildman–Crippen MR) is 239 cm³/mol. The molecule has 4 saturated carbocycles. The summed E-state index contributed by atoms with van der Waals surface area (Å²) in [7, 11) is 0. The van der Waals surface area contributed by atoms with Crippen LogP contribution in [0.15, 0.2) is 160 Å². The van der Waals surface area contributed by atoms with E-state index < -0.39 is 0 Å². The van der Waals surface area contributed by atoms with Crippen molar-refractivity contribution in [3.8, 4) is 56.4 Å². The van der Waals surface area contributed by atoms with Gasteiger partial charge in [0, 0.05) is 43.7 Å². The highest BCUT2D eigenvalue weighted by atomic mass is 16.3. The van der Waals surface area contributed by atoms with Crippen molar-refractivity contribution >= 4 is 43.9 Å². The Kier molecular flexibility index (Phi) is 6.67. The fourth-order valence-corrected chi connectivity index (χ4v) is 12.8. The molecule has 15 rings (SSSR count). The molecule has 1 spiro atoms. The Morgan fingerprint density at radius 2 is 1.00 bits per heavy atom. The summed E-state index contributed by atoms with van der Waals surface area (Å²) in [6, 6.07) is 53.8. The number of hydrogen-bond acceptors (Lipinski definition) is 5. The Morgan fingerprint density at radius 1 is 0.400 bits per heavy atom. The molecule has 3 heterocycles. The van der Waals surface area contributed by atoms with Crippen LogP contribution in [-0.4, -0.2) is 15.0 Å².